The Morgan fingerprint density at radius 3 is 1.41 bits per heavy atom. The maximum atomic E-state index is 6.93. The molecule has 0 saturated heterocycles. The van der Waals surface area contributed by atoms with Crippen LogP contribution in [0.15, 0.2) is 72.8 Å². The fourth-order valence-corrected chi connectivity index (χ4v) is 8.22. The molecule has 4 atom stereocenters. The Hall–Kier alpha value is -1.68. The quantitative estimate of drug-likeness (QED) is 0.319. The molecule has 156 valence electrons. The van der Waals surface area contributed by atoms with Crippen molar-refractivity contribution < 1.29 is 8.85 Å². The van der Waals surface area contributed by atoms with Crippen LogP contribution in [0.1, 0.15) is 62.7 Å². The van der Waals surface area contributed by atoms with Gasteiger partial charge in [0.15, 0.2) is 0 Å². The zero-order chi connectivity index (χ0) is 20.7. The molecule has 0 bridgehead atoms. The van der Waals surface area contributed by atoms with E-state index in [0.29, 0.717) is 11.8 Å². The standard InChI is InChI=1S/C26H36O2Si/c1-5-21(3)19-27-29(28-20-22(4)6-2)25(23-13-9-7-10-14-23)17-18-26(29)24-15-11-8-12-16-24/h7-18,21-22,25-26H,5-6,19-20H2,1-4H3/t21-,22-,25-,26+/m0/s1. The summed E-state index contributed by atoms with van der Waals surface area (Å²) in [6.07, 6.45) is 6.95. The third-order valence-corrected chi connectivity index (χ3v) is 10.3. The number of hydrogen-bond acceptors (Lipinski definition) is 2. The normalized spacial score (nSPS) is 22.5. The number of allylic oxidation sites excluding steroid dienone is 2. The summed E-state index contributed by atoms with van der Waals surface area (Å²) >= 11 is 0. The van der Waals surface area contributed by atoms with E-state index in [1.807, 2.05) is 0 Å². The highest BCUT2D eigenvalue weighted by molar-refractivity contribution is 6.72. The van der Waals surface area contributed by atoms with Gasteiger partial charge in [0.2, 0.25) is 0 Å². The molecule has 0 N–H and O–H groups in total. The molecule has 1 heterocycles. The summed E-state index contributed by atoms with van der Waals surface area (Å²) in [4.78, 5) is 0. The van der Waals surface area contributed by atoms with E-state index in [1.54, 1.807) is 0 Å². The van der Waals surface area contributed by atoms with Gasteiger partial charge < -0.3 is 8.85 Å². The van der Waals surface area contributed by atoms with Crippen molar-refractivity contribution >= 4 is 8.56 Å². The number of hydrogen-bond donors (Lipinski definition) is 0. The third kappa shape index (κ3) is 5.09. The highest BCUT2D eigenvalue weighted by Gasteiger charge is 2.55. The molecule has 2 aromatic rings. The molecule has 3 heteroatoms. The van der Waals surface area contributed by atoms with Crippen LogP contribution in [0.4, 0.5) is 0 Å². The van der Waals surface area contributed by atoms with E-state index in [9.17, 15) is 0 Å². The first-order chi connectivity index (χ1) is 14.1. The summed E-state index contributed by atoms with van der Waals surface area (Å²) in [6.45, 7) is 10.5. The first kappa shape index (κ1) is 22.0. The van der Waals surface area contributed by atoms with E-state index in [4.69, 9.17) is 8.85 Å². The molecule has 0 fully saturated rings. The van der Waals surface area contributed by atoms with Gasteiger partial charge in [-0.3, -0.25) is 0 Å². The maximum absolute atomic E-state index is 6.93. The van der Waals surface area contributed by atoms with Crippen molar-refractivity contribution in [3.63, 3.8) is 0 Å². The Balaban J connectivity index is 2.02. The minimum Gasteiger partial charge on any atom is -0.393 e. The molecule has 0 saturated carbocycles. The number of benzene rings is 2. The lowest BCUT2D eigenvalue weighted by molar-refractivity contribution is 0.123. The molecule has 0 radical (unpaired) electrons. The summed E-state index contributed by atoms with van der Waals surface area (Å²) in [5, 5.41) is 0. The minimum atomic E-state index is -2.64. The van der Waals surface area contributed by atoms with Crippen molar-refractivity contribution in [2.75, 3.05) is 13.2 Å². The van der Waals surface area contributed by atoms with Crippen LogP contribution >= 0.6 is 0 Å². The molecule has 0 spiro atoms. The van der Waals surface area contributed by atoms with Crippen LogP contribution in [0.25, 0.3) is 0 Å². The van der Waals surface area contributed by atoms with Crippen LogP contribution in [0.5, 0.6) is 0 Å². The van der Waals surface area contributed by atoms with Gasteiger partial charge >= 0.3 is 8.56 Å². The minimum absolute atomic E-state index is 0.210. The summed E-state index contributed by atoms with van der Waals surface area (Å²) in [7, 11) is -2.64. The fourth-order valence-electron chi connectivity index (χ4n) is 3.87. The van der Waals surface area contributed by atoms with Gasteiger partial charge in [-0.25, -0.2) is 0 Å². The molecule has 2 aromatic carbocycles. The second kappa shape index (κ2) is 10.4. The Labute approximate surface area is 178 Å². The highest BCUT2D eigenvalue weighted by atomic mass is 28.4. The molecule has 2 nitrogen and oxygen atoms in total. The molecule has 1 aliphatic heterocycles. The van der Waals surface area contributed by atoms with Gasteiger partial charge in [-0.05, 0) is 23.0 Å². The monoisotopic (exact) mass is 408 g/mol. The van der Waals surface area contributed by atoms with Gasteiger partial charge in [-0.1, -0.05) is 113 Å². The maximum Gasteiger partial charge on any atom is 0.361 e. The highest BCUT2D eigenvalue weighted by Crippen LogP contribution is 2.47. The summed E-state index contributed by atoms with van der Waals surface area (Å²) in [5.41, 5.74) is 3.04. The average molecular weight is 409 g/mol. The van der Waals surface area contributed by atoms with Crippen LogP contribution in [0, 0.1) is 11.8 Å². The van der Waals surface area contributed by atoms with Crippen molar-refractivity contribution in [2.24, 2.45) is 11.8 Å². The fraction of sp³-hybridized carbons (Fsp3) is 0.462. The van der Waals surface area contributed by atoms with Crippen LogP contribution in [0.2, 0.25) is 0 Å². The first-order valence-electron chi connectivity index (χ1n) is 11.2. The topological polar surface area (TPSA) is 18.5 Å². The van der Waals surface area contributed by atoms with Crippen molar-refractivity contribution in [2.45, 2.75) is 51.6 Å². The summed E-state index contributed by atoms with van der Waals surface area (Å²) < 4.78 is 13.9. The first-order valence-corrected chi connectivity index (χ1v) is 13.1. The molecular formula is C26H36O2Si. The van der Waals surface area contributed by atoms with E-state index in [2.05, 4.69) is 101 Å². The average Bonchev–Trinajstić information content (AvgIpc) is 3.16. The van der Waals surface area contributed by atoms with Gasteiger partial charge in [-0.2, -0.15) is 0 Å². The van der Waals surface area contributed by atoms with Gasteiger partial charge in [0.25, 0.3) is 0 Å². The molecule has 0 unspecified atom stereocenters. The Morgan fingerprint density at radius 2 is 1.07 bits per heavy atom. The second-order valence-corrected chi connectivity index (χ2v) is 11.8. The molecule has 3 rings (SSSR count). The predicted octanol–water partition coefficient (Wildman–Crippen LogP) is 6.77. The Kier molecular flexibility index (Phi) is 7.88. The van der Waals surface area contributed by atoms with Crippen LogP contribution < -0.4 is 0 Å². The van der Waals surface area contributed by atoms with Gasteiger partial charge in [-0.15, -0.1) is 0 Å². The van der Waals surface area contributed by atoms with Crippen molar-refractivity contribution in [1.29, 1.82) is 0 Å². The predicted molar refractivity (Wildman–Crippen MR) is 124 cm³/mol. The lowest BCUT2D eigenvalue weighted by atomic mass is 10.1. The van der Waals surface area contributed by atoms with Gasteiger partial charge in [0, 0.05) is 24.3 Å². The van der Waals surface area contributed by atoms with E-state index in [-0.39, 0.29) is 11.1 Å². The zero-order valence-electron chi connectivity index (χ0n) is 18.4. The van der Waals surface area contributed by atoms with E-state index in [1.165, 1.54) is 11.1 Å². The summed E-state index contributed by atoms with van der Waals surface area (Å²) in [5.74, 6) is 1.06. The lowest BCUT2D eigenvalue weighted by Gasteiger charge is -2.39. The molecule has 0 aromatic heterocycles. The van der Waals surface area contributed by atoms with Crippen molar-refractivity contribution in [1.82, 2.24) is 0 Å². The van der Waals surface area contributed by atoms with Crippen molar-refractivity contribution in [3.8, 4) is 0 Å². The SMILES string of the molecule is CC[C@H](C)CO[Si]1(OC[C@@H](C)CC)[C@@H](c2ccccc2)C=C[C@H]1c1ccccc1. The summed E-state index contributed by atoms with van der Waals surface area (Å²) in [6, 6.07) is 21.6. The molecule has 1 aliphatic rings. The van der Waals surface area contributed by atoms with Crippen molar-refractivity contribution in [3.05, 3.63) is 83.9 Å². The molecular weight excluding hydrogens is 372 g/mol. The Bertz CT molecular complexity index is 693. The lowest BCUT2D eigenvalue weighted by Crippen LogP contribution is -2.52. The van der Waals surface area contributed by atoms with E-state index in [0.717, 1.165) is 26.1 Å². The van der Waals surface area contributed by atoms with Crippen LogP contribution in [-0.4, -0.2) is 21.8 Å². The molecule has 0 amide bonds. The second-order valence-electron chi connectivity index (χ2n) is 8.53. The number of rotatable bonds is 10. The van der Waals surface area contributed by atoms with Gasteiger partial charge in [0.05, 0.1) is 0 Å². The molecule has 0 aliphatic carbocycles. The Morgan fingerprint density at radius 1 is 0.690 bits per heavy atom. The largest absolute Gasteiger partial charge is 0.393 e. The smallest absolute Gasteiger partial charge is 0.361 e. The third-order valence-electron chi connectivity index (χ3n) is 6.26. The van der Waals surface area contributed by atoms with E-state index < -0.39 is 8.56 Å². The van der Waals surface area contributed by atoms with Crippen LogP contribution in [-0.2, 0) is 8.85 Å². The zero-order valence-corrected chi connectivity index (χ0v) is 19.4. The van der Waals surface area contributed by atoms with E-state index >= 15 is 0 Å². The van der Waals surface area contributed by atoms with Gasteiger partial charge in [0.1, 0.15) is 0 Å². The van der Waals surface area contributed by atoms with Crippen LogP contribution in [0.3, 0.4) is 0 Å². The molecule has 29 heavy (non-hydrogen) atoms.